The highest BCUT2D eigenvalue weighted by Crippen LogP contribution is 2.19. The number of hydrogen-bond acceptors (Lipinski definition) is 2. The van der Waals surface area contributed by atoms with E-state index < -0.39 is 22.7 Å². The molecule has 0 unspecified atom stereocenters. The first-order chi connectivity index (χ1) is 5.54. The summed E-state index contributed by atoms with van der Waals surface area (Å²) in [6.45, 7) is 0. The van der Waals surface area contributed by atoms with E-state index in [1.54, 1.807) is 0 Å². The fraction of sp³-hybridized carbons (Fsp3) is 0. The highest BCUT2D eigenvalue weighted by molar-refractivity contribution is 6.33. The van der Waals surface area contributed by atoms with Crippen molar-refractivity contribution in [1.82, 2.24) is 4.98 Å². The third-order valence-corrected chi connectivity index (χ3v) is 1.55. The number of amides is 1. The molecule has 0 bridgehead atoms. The minimum Gasteiger partial charge on any atom is -0.366 e. The van der Waals surface area contributed by atoms with Crippen LogP contribution in [-0.4, -0.2) is 10.9 Å². The summed E-state index contributed by atoms with van der Waals surface area (Å²) in [6, 6.07) is 0. The third-order valence-electron chi connectivity index (χ3n) is 1.18. The number of carbonyl (C=O) groups is 1. The van der Waals surface area contributed by atoms with Gasteiger partial charge in [0.05, 0.1) is 10.6 Å². The topological polar surface area (TPSA) is 56.0 Å². The van der Waals surface area contributed by atoms with E-state index in [2.05, 4.69) is 4.98 Å². The lowest BCUT2D eigenvalue weighted by Gasteiger charge is -1.99. The highest BCUT2D eigenvalue weighted by atomic mass is 35.5. The molecular formula is C6H3ClF2N2O. The first kappa shape index (κ1) is 8.86. The van der Waals surface area contributed by atoms with Crippen molar-refractivity contribution in [3.8, 4) is 0 Å². The van der Waals surface area contributed by atoms with Gasteiger partial charge >= 0.3 is 0 Å². The quantitative estimate of drug-likeness (QED) is 0.678. The Kier molecular flexibility index (Phi) is 2.23. The summed E-state index contributed by atoms with van der Waals surface area (Å²) in [5.41, 5.74) is 4.44. The first-order valence-corrected chi connectivity index (χ1v) is 3.21. The first-order valence-electron chi connectivity index (χ1n) is 2.83. The maximum absolute atomic E-state index is 12.6. The van der Waals surface area contributed by atoms with Crippen LogP contribution in [0.15, 0.2) is 6.20 Å². The van der Waals surface area contributed by atoms with Gasteiger partial charge in [-0.3, -0.25) is 4.79 Å². The van der Waals surface area contributed by atoms with E-state index in [1.807, 2.05) is 0 Å². The molecule has 0 spiro atoms. The molecule has 1 aromatic heterocycles. The molecule has 0 fully saturated rings. The molecule has 1 aromatic rings. The smallest absolute Gasteiger partial charge is 0.251 e. The molecule has 0 saturated carbocycles. The van der Waals surface area contributed by atoms with Crippen molar-refractivity contribution in [2.45, 2.75) is 0 Å². The highest BCUT2D eigenvalue weighted by Gasteiger charge is 2.15. The van der Waals surface area contributed by atoms with Crippen LogP contribution in [0.3, 0.4) is 0 Å². The average molecular weight is 193 g/mol. The number of hydrogen-bond donors (Lipinski definition) is 1. The van der Waals surface area contributed by atoms with Crippen molar-refractivity contribution in [3.05, 3.63) is 28.5 Å². The Bertz CT molecular complexity index is 343. The summed E-state index contributed by atoms with van der Waals surface area (Å²) in [6.07, 6.45) is 0.781. The Morgan fingerprint density at radius 3 is 2.67 bits per heavy atom. The molecule has 1 rings (SSSR count). The molecule has 0 atom stereocenters. The lowest BCUT2D eigenvalue weighted by molar-refractivity contribution is 0.0999. The molecule has 1 amide bonds. The molecule has 3 nitrogen and oxygen atoms in total. The Hall–Kier alpha value is -1.23. The minimum atomic E-state index is -1.37. The van der Waals surface area contributed by atoms with Crippen molar-refractivity contribution in [2.75, 3.05) is 0 Å². The van der Waals surface area contributed by atoms with E-state index in [1.165, 1.54) is 0 Å². The van der Waals surface area contributed by atoms with Crippen LogP contribution >= 0.6 is 11.6 Å². The molecule has 2 N–H and O–H groups in total. The number of primary amides is 1. The standard InChI is InChI=1S/C6H3ClF2N2O/c7-3-2(6(10)12)1-11-5(9)4(3)8/h1H,(H2,10,12). The second-order valence-electron chi connectivity index (χ2n) is 1.95. The largest absolute Gasteiger partial charge is 0.366 e. The lowest BCUT2D eigenvalue weighted by Crippen LogP contribution is -2.13. The number of nitrogens with zero attached hydrogens (tertiary/aromatic N) is 1. The Morgan fingerprint density at radius 1 is 1.58 bits per heavy atom. The monoisotopic (exact) mass is 192 g/mol. The second kappa shape index (κ2) is 3.02. The van der Waals surface area contributed by atoms with Gasteiger partial charge in [-0.15, -0.1) is 0 Å². The van der Waals surface area contributed by atoms with Crippen LogP contribution < -0.4 is 5.73 Å². The molecule has 6 heteroatoms. The van der Waals surface area contributed by atoms with Crippen LogP contribution in [-0.2, 0) is 0 Å². The summed E-state index contributed by atoms with van der Waals surface area (Å²) < 4.78 is 24.9. The van der Waals surface area contributed by atoms with Crippen molar-refractivity contribution in [2.24, 2.45) is 5.73 Å². The van der Waals surface area contributed by atoms with E-state index in [0.717, 1.165) is 6.20 Å². The summed E-state index contributed by atoms with van der Waals surface area (Å²) in [5.74, 6) is -3.68. The fourth-order valence-electron chi connectivity index (χ4n) is 0.615. The van der Waals surface area contributed by atoms with E-state index in [9.17, 15) is 13.6 Å². The van der Waals surface area contributed by atoms with Crippen LogP contribution in [0.5, 0.6) is 0 Å². The van der Waals surface area contributed by atoms with Crippen LogP contribution in [0.4, 0.5) is 8.78 Å². The molecule has 12 heavy (non-hydrogen) atoms. The number of halogens is 3. The van der Waals surface area contributed by atoms with Crippen molar-refractivity contribution < 1.29 is 13.6 Å². The van der Waals surface area contributed by atoms with Gasteiger partial charge < -0.3 is 5.73 Å². The Labute approximate surface area is 71.2 Å². The molecule has 1 heterocycles. The van der Waals surface area contributed by atoms with Gasteiger partial charge in [0.1, 0.15) is 0 Å². The van der Waals surface area contributed by atoms with Crippen LogP contribution in [0, 0.1) is 11.8 Å². The van der Waals surface area contributed by atoms with Crippen LogP contribution in [0.25, 0.3) is 0 Å². The Balaban J connectivity index is 3.36. The Morgan fingerprint density at radius 2 is 2.17 bits per heavy atom. The zero-order chi connectivity index (χ0) is 9.30. The molecule has 64 valence electrons. The molecule has 0 aliphatic heterocycles. The van der Waals surface area contributed by atoms with Crippen molar-refractivity contribution in [3.63, 3.8) is 0 Å². The number of pyridine rings is 1. The van der Waals surface area contributed by atoms with Gasteiger partial charge in [-0.25, -0.2) is 9.37 Å². The molecule has 0 saturated heterocycles. The zero-order valence-electron chi connectivity index (χ0n) is 5.64. The normalized spacial score (nSPS) is 9.92. The lowest BCUT2D eigenvalue weighted by atomic mass is 10.2. The SMILES string of the molecule is NC(=O)c1cnc(F)c(F)c1Cl. The van der Waals surface area contributed by atoms with Gasteiger partial charge in [0.25, 0.3) is 11.9 Å². The molecule has 0 aliphatic rings. The predicted octanol–water partition coefficient (Wildman–Crippen LogP) is 1.11. The second-order valence-corrected chi connectivity index (χ2v) is 2.33. The van der Waals surface area contributed by atoms with Gasteiger partial charge in [0.2, 0.25) is 0 Å². The number of carbonyl (C=O) groups excluding carboxylic acids is 1. The van der Waals surface area contributed by atoms with Gasteiger partial charge in [-0.1, -0.05) is 11.6 Å². The number of nitrogens with two attached hydrogens (primary N) is 1. The van der Waals surface area contributed by atoms with Gasteiger partial charge in [0, 0.05) is 6.20 Å². The average Bonchev–Trinajstić information content (AvgIpc) is 2.00. The van der Waals surface area contributed by atoms with E-state index in [0.29, 0.717) is 0 Å². The summed E-state index contributed by atoms with van der Waals surface area (Å²) in [7, 11) is 0. The van der Waals surface area contributed by atoms with Crippen LogP contribution in [0.2, 0.25) is 5.02 Å². The number of rotatable bonds is 1. The van der Waals surface area contributed by atoms with Crippen LogP contribution in [0.1, 0.15) is 10.4 Å². The number of aromatic nitrogens is 1. The van der Waals surface area contributed by atoms with E-state index in [-0.39, 0.29) is 5.56 Å². The maximum Gasteiger partial charge on any atom is 0.251 e. The van der Waals surface area contributed by atoms with Gasteiger partial charge in [-0.05, 0) is 0 Å². The van der Waals surface area contributed by atoms with Crippen molar-refractivity contribution in [1.29, 1.82) is 0 Å². The summed E-state index contributed by atoms with van der Waals surface area (Å²) >= 11 is 5.24. The van der Waals surface area contributed by atoms with E-state index in [4.69, 9.17) is 17.3 Å². The third kappa shape index (κ3) is 1.35. The molecule has 0 aliphatic carbocycles. The maximum atomic E-state index is 12.6. The summed E-state index contributed by atoms with van der Waals surface area (Å²) in [4.78, 5) is 13.4. The molecule has 0 radical (unpaired) electrons. The van der Waals surface area contributed by atoms with Crippen molar-refractivity contribution >= 4 is 17.5 Å². The molecular weight excluding hydrogens is 190 g/mol. The van der Waals surface area contributed by atoms with Gasteiger partial charge in [0.15, 0.2) is 5.82 Å². The fourth-order valence-corrected chi connectivity index (χ4v) is 0.835. The summed E-state index contributed by atoms with van der Waals surface area (Å²) in [5, 5.41) is -0.644. The minimum absolute atomic E-state index is 0.337. The van der Waals surface area contributed by atoms with E-state index >= 15 is 0 Å². The van der Waals surface area contributed by atoms with Gasteiger partial charge in [-0.2, -0.15) is 4.39 Å². The zero-order valence-corrected chi connectivity index (χ0v) is 6.40. The molecule has 0 aromatic carbocycles. The predicted molar refractivity (Wildman–Crippen MR) is 37.7 cm³/mol.